The van der Waals surface area contributed by atoms with E-state index in [-0.39, 0.29) is 23.5 Å². The second kappa shape index (κ2) is 7.32. The standard InChI is InChI=1S/C13H11F7N2O4S/c1-3-26-9(24)5-4(2)6(7(21)23)27-8(5)22-10(25)11(14,15)12(16,17)13(18,19)20/h3H2,1-2H3,(H2,21,23)(H,22,25). The molecule has 0 aliphatic carbocycles. The summed E-state index contributed by atoms with van der Waals surface area (Å²) in [4.78, 5) is 34.2. The smallest absolute Gasteiger partial charge is 0.460 e. The van der Waals surface area contributed by atoms with E-state index in [4.69, 9.17) is 5.73 Å². The van der Waals surface area contributed by atoms with E-state index in [0.717, 1.165) is 12.2 Å². The molecule has 6 nitrogen and oxygen atoms in total. The van der Waals surface area contributed by atoms with Crippen LogP contribution in [0.2, 0.25) is 0 Å². The molecule has 2 amide bonds. The minimum Gasteiger partial charge on any atom is -0.462 e. The summed E-state index contributed by atoms with van der Waals surface area (Å²) >= 11 is 0.144. The molecule has 0 unspecified atom stereocenters. The van der Waals surface area contributed by atoms with E-state index >= 15 is 0 Å². The van der Waals surface area contributed by atoms with Gasteiger partial charge in [-0.25, -0.2) is 4.79 Å². The first-order valence-corrected chi connectivity index (χ1v) is 7.65. The Morgan fingerprint density at radius 1 is 1.11 bits per heavy atom. The maximum atomic E-state index is 13.4. The summed E-state index contributed by atoms with van der Waals surface area (Å²) in [6.07, 6.45) is -6.72. The van der Waals surface area contributed by atoms with Crippen LogP contribution in [-0.4, -0.2) is 42.4 Å². The number of amides is 2. The van der Waals surface area contributed by atoms with Crippen LogP contribution in [0.5, 0.6) is 0 Å². The molecule has 0 radical (unpaired) electrons. The van der Waals surface area contributed by atoms with Crippen LogP contribution in [0, 0.1) is 6.92 Å². The third kappa shape index (κ3) is 3.99. The SMILES string of the molecule is CCOC(=O)c1c(NC(=O)C(F)(F)C(F)(F)C(F)(F)F)sc(C(N)=O)c1C. The van der Waals surface area contributed by atoms with E-state index in [1.807, 2.05) is 0 Å². The third-order valence-electron chi connectivity index (χ3n) is 3.11. The van der Waals surface area contributed by atoms with Crippen LogP contribution in [0.1, 0.15) is 32.5 Å². The van der Waals surface area contributed by atoms with Crippen molar-refractivity contribution in [2.24, 2.45) is 5.73 Å². The van der Waals surface area contributed by atoms with Gasteiger partial charge in [0.05, 0.1) is 17.0 Å². The number of thiophene rings is 1. The topological polar surface area (TPSA) is 98.5 Å². The zero-order valence-corrected chi connectivity index (χ0v) is 14.3. The lowest BCUT2D eigenvalue weighted by Gasteiger charge is -2.26. The molecule has 3 N–H and O–H groups in total. The molecule has 0 atom stereocenters. The van der Waals surface area contributed by atoms with Gasteiger partial charge in [0.25, 0.3) is 5.91 Å². The first-order valence-electron chi connectivity index (χ1n) is 6.83. The first-order chi connectivity index (χ1) is 12.1. The summed E-state index contributed by atoms with van der Waals surface area (Å²) in [6, 6.07) is 0. The monoisotopic (exact) mass is 424 g/mol. The number of nitrogens with one attached hydrogen (secondary N) is 1. The predicted octanol–water partition coefficient (Wildman–Crippen LogP) is 3.10. The molecular weight excluding hydrogens is 413 g/mol. The summed E-state index contributed by atoms with van der Waals surface area (Å²) < 4.78 is 93.9. The molecule has 0 saturated heterocycles. The van der Waals surface area contributed by atoms with Gasteiger partial charge in [-0.1, -0.05) is 0 Å². The summed E-state index contributed by atoms with van der Waals surface area (Å²) in [5, 5.41) is 0.239. The molecule has 152 valence electrons. The van der Waals surface area contributed by atoms with Gasteiger partial charge in [0.15, 0.2) is 0 Å². The van der Waals surface area contributed by atoms with Gasteiger partial charge in [0.2, 0.25) is 0 Å². The Kier molecular flexibility index (Phi) is 6.15. The number of alkyl halides is 7. The number of primary amides is 1. The fourth-order valence-electron chi connectivity index (χ4n) is 1.79. The zero-order valence-electron chi connectivity index (χ0n) is 13.5. The number of anilines is 1. The van der Waals surface area contributed by atoms with Crippen molar-refractivity contribution >= 4 is 34.1 Å². The second-order valence-electron chi connectivity index (χ2n) is 4.95. The van der Waals surface area contributed by atoms with E-state index in [1.165, 1.54) is 6.92 Å². The molecule has 14 heteroatoms. The van der Waals surface area contributed by atoms with Crippen LogP contribution in [-0.2, 0) is 9.53 Å². The van der Waals surface area contributed by atoms with Crippen molar-refractivity contribution in [2.45, 2.75) is 31.9 Å². The Hall–Kier alpha value is -2.38. The minimum absolute atomic E-state index is 0.144. The Balaban J connectivity index is 3.39. The summed E-state index contributed by atoms with van der Waals surface area (Å²) in [7, 11) is 0. The minimum atomic E-state index is -6.72. The Morgan fingerprint density at radius 3 is 2.04 bits per heavy atom. The zero-order chi connectivity index (χ0) is 21.4. The van der Waals surface area contributed by atoms with Crippen molar-refractivity contribution in [1.82, 2.24) is 0 Å². The summed E-state index contributed by atoms with van der Waals surface area (Å²) in [5.74, 6) is -18.3. The van der Waals surface area contributed by atoms with Crippen LogP contribution >= 0.6 is 11.3 Å². The van der Waals surface area contributed by atoms with Gasteiger partial charge in [-0.15, -0.1) is 11.3 Å². The fourth-order valence-corrected chi connectivity index (χ4v) is 2.83. The molecule has 0 aromatic carbocycles. The van der Waals surface area contributed by atoms with Crippen LogP contribution in [0.25, 0.3) is 0 Å². The number of halogens is 7. The molecule has 0 spiro atoms. The number of esters is 1. The van der Waals surface area contributed by atoms with Crippen LogP contribution in [0.3, 0.4) is 0 Å². The molecule has 1 aromatic heterocycles. The van der Waals surface area contributed by atoms with Crippen LogP contribution in [0.4, 0.5) is 35.7 Å². The van der Waals surface area contributed by atoms with Gasteiger partial charge < -0.3 is 15.8 Å². The fraction of sp³-hybridized carbons (Fsp3) is 0.462. The lowest BCUT2D eigenvalue weighted by Crippen LogP contribution is -2.57. The van der Waals surface area contributed by atoms with E-state index in [0.29, 0.717) is 0 Å². The number of ether oxygens (including phenoxy) is 1. The quantitative estimate of drug-likeness (QED) is 0.542. The van der Waals surface area contributed by atoms with Gasteiger partial charge in [-0.3, -0.25) is 9.59 Å². The maximum Gasteiger partial charge on any atom is 0.460 e. The van der Waals surface area contributed by atoms with Gasteiger partial charge in [-0.05, 0) is 19.4 Å². The molecule has 1 rings (SSSR count). The van der Waals surface area contributed by atoms with E-state index in [9.17, 15) is 45.1 Å². The van der Waals surface area contributed by atoms with Crippen molar-refractivity contribution in [3.63, 3.8) is 0 Å². The summed E-state index contributed by atoms with van der Waals surface area (Å²) in [5.41, 5.74) is 4.10. The van der Waals surface area contributed by atoms with Crippen molar-refractivity contribution in [3.8, 4) is 0 Å². The molecule has 0 saturated carbocycles. The van der Waals surface area contributed by atoms with Crippen molar-refractivity contribution in [3.05, 3.63) is 16.0 Å². The number of nitrogens with two attached hydrogens (primary N) is 1. The third-order valence-corrected chi connectivity index (χ3v) is 4.33. The molecule has 0 bridgehead atoms. The Bertz CT molecular complexity index is 773. The molecular formula is C13H11F7N2O4S. The maximum absolute atomic E-state index is 13.4. The number of hydrogen-bond acceptors (Lipinski definition) is 5. The highest BCUT2D eigenvalue weighted by Gasteiger charge is 2.76. The number of hydrogen-bond donors (Lipinski definition) is 2. The average molecular weight is 424 g/mol. The van der Waals surface area contributed by atoms with Crippen LogP contribution in [0.15, 0.2) is 0 Å². The summed E-state index contributed by atoms with van der Waals surface area (Å²) in [6.45, 7) is 2.24. The van der Waals surface area contributed by atoms with Gasteiger partial charge in [-0.2, -0.15) is 30.7 Å². The largest absolute Gasteiger partial charge is 0.462 e. The lowest BCUT2D eigenvalue weighted by atomic mass is 10.1. The first kappa shape index (κ1) is 22.7. The highest BCUT2D eigenvalue weighted by Crippen LogP contribution is 2.47. The molecule has 0 aliphatic heterocycles. The molecule has 0 fully saturated rings. The second-order valence-corrected chi connectivity index (χ2v) is 5.97. The Morgan fingerprint density at radius 2 is 1.63 bits per heavy atom. The molecule has 1 heterocycles. The molecule has 0 aliphatic rings. The lowest BCUT2D eigenvalue weighted by molar-refractivity contribution is -0.343. The van der Waals surface area contributed by atoms with Crippen molar-refractivity contribution in [2.75, 3.05) is 11.9 Å². The van der Waals surface area contributed by atoms with Crippen molar-refractivity contribution in [1.29, 1.82) is 0 Å². The van der Waals surface area contributed by atoms with E-state index < -0.39 is 51.2 Å². The van der Waals surface area contributed by atoms with E-state index in [1.54, 1.807) is 0 Å². The average Bonchev–Trinajstić information content (AvgIpc) is 2.82. The van der Waals surface area contributed by atoms with Crippen LogP contribution < -0.4 is 11.1 Å². The van der Waals surface area contributed by atoms with E-state index in [2.05, 4.69) is 4.74 Å². The number of carbonyl (C=O) groups excluding carboxylic acids is 3. The predicted molar refractivity (Wildman–Crippen MR) is 78.1 cm³/mol. The highest BCUT2D eigenvalue weighted by molar-refractivity contribution is 7.18. The normalized spacial score (nSPS) is 12.6. The highest BCUT2D eigenvalue weighted by atomic mass is 32.1. The number of rotatable bonds is 6. The van der Waals surface area contributed by atoms with Gasteiger partial charge >= 0.3 is 29.9 Å². The number of carbonyl (C=O) groups is 3. The van der Waals surface area contributed by atoms with Gasteiger partial charge in [0.1, 0.15) is 5.00 Å². The van der Waals surface area contributed by atoms with Gasteiger partial charge in [0, 0.05) is 0 Å². The Labute approximate surface area is 150 Å². The molecule has 1 aromatic rings. The molecule has 27 heavy (non-hydrogen) atoms. The van der Waals surface area contributed by atoms with Crippen molar-refractivity contribution < 1.29 is 49.9 Å².